The topological polar surface area (TPSA) is 96.2 Å². The minimum absolute atomic E-state index is 0. The van der Waals surface area contributed by atoms with Gasteiger partial charge in [0.2, 0.25) is 0 Å². The second-order valence-electron chi connectivity index (χ2n) is 5.86. The molecule has 2 rings (SSSR count). The summed E-state index contributed by atoms with van der Waals surface area (Å²) in [6.45, 7) is 2.52. The summed E-state index contributed by atoms with van der Waals surface area (Å²) < 4.78 is 1.97. The molecular formula is C18H28IN7O. The van der Waals surface area contributed by atoms with Crippen molar-refractivity contribution in [3.63, 3.8) is 0 Å². The van der Waals surface area contributed by atoms with Gasteiger partial charge in [-0.1, -0.05) is 12.1 Å². The van der Waals surface area contributed by atoms with Crippen LogP contribution in [-0.4, -0.2) is 53.8 Å². The molecule has 3 N–H and O–H groups in total. The van der Waals surface area contributed by atoms with Crippen LogP contribution in [0, 0.1) is 0 Å². The summed E-state index contributed by atoms with van der Waals surface area (Å²) in [6, 6.07) is 7.66. The summed E-state index contributed by atoms with van der Waals surface area (Å²) in [4.78, 5) is 15.9. The van der Waals surface area contributed by atoms with Gasteiger partial charge in [0, 0.05) is 39.3 Å². The normalized spacial score (nSPS) is 10.8. The van der Waals surface area contributed by atoms with Gasteiger partial charge in [0.05, 0.1) is 0 Å². The fourth-order valence-electron chi connectivity index (χ4n) is 2.52. The quantitative estimate of drug-likeness (QED) is 0.216. The van der Waals surface area contributed by atoms with Gasteiger partial charge >= 0.3 is 0 Å². The van der Waals surface area contributed by atoms with Crippen molar-refractivity contribution in [2.24, 2.45) is 4.99 Å². The van der Waals surface area contributed by atoms with E-state index in [2.05, 4.69) is 31.1 Å². The lowest BCUT2D eigenvalue weighted by Gasteiger charge is -2.12. The Kier molecular flexibility index (Phi) is 11.1. The van der Waals surface area contributed by atoms with Crippen LogP contribution in [0.1, 0.15) is 28.8 Å². The van der Waals surface area contributed by atoms with Crippen molar-refractivity contribution in [2.45, 2.75) is 25.8 Å². The number of carbonyl (C=O) groups excluding carboxylic acids is 1. The number of rotatable bonds is 9. The number of halogens is 1. The second kappa shape index (κ2) is 13.1. The molecule has 0 fully saturated rings. The second-order valence-corrected chi connectivity index (χ2v) is 5.86. The van der Waals surface area contributed by atoms with Crippen LogP contribution in [-0.2, 0) is 13.0 Å². The van der Waals surface area contributed by atoms with Gasteiger partial charge in [-0.25, -0.2) is 0 Å². The first-order chi connectivity index (χ1) is 12.7. The van der Waals surface area contributed by atoms with Crippen molar-refractivity contribution < 1.29 is 4.79 Å². The number of nitrogens with one attached hydrogen (secondary N) is 3. The summed E-state index contributed by atoms with van der Waals surface area (Å²) in [5.74, 6) is 0.723. The van der Waals surface area contributed by atoms with E-state index in [0.717, 1.165) is 50.4 Å². The maximum atomic E-state index is 11.7. The SMILES string of the molecule is CN=C(NCCCCn1cnnc1)NCCc1cccc(C(=O)NC)c1.I. The van der Waals surface area contributed by atoms with E-state index in [4.69, 9.17) is 0 Å². The molecule has 0 saturated heterocycles. The summed E-state index contributed by atoms with van der Waals surface area (Å²) in [6.07, 6.45) is 6.36. The molecule has 1 aromatic heterocycles. The molecule has 2 aromatic rings. The number of hydrogen-bond donors (Lipinski definition) is 3. The average molecular weight is 485 g/mol. The van der Waals surface area contributed by atoms with Crippen molar-refractivity contribution >= 4 is 35.8 Å². The number of unbranched alkanes of at least 4 members (excludes halogenated alkanes) is 1. The number of guanidine groups is 1. The fraction of sp³-hybridized carbons (Fsp3) is 0.444. The molecule has 0 aliphatic carbocycles. The number of nitrogens with zero attached hydrogens (tertiary/aromatic N) is 4. The van der Waals surface area contributed by atoms with Crippen molar-refractivity contribution in [1.82, 2.24) is 30.7 Å². The van der Waals surface area contributed by atoms with E-state index in [9.17, 15) is 4.79 Å². The first-order valence-electron chi connectivity index (χ1n) is 8.81. The number of aliphatic imine (C=N–C) groups is 1. The molecule has 27 heavy (non-hydrogen) atoms. The highest BCUT2D eigenvalue weighted by atomic mass is 127. The summed E-state index contributed by atoms with van der Waals surface area (Å²) >= 11 is 0. The van der Waals surface area contributed by atoms with Crippen molar-refractivity contribution in [3.8, 4) is 0 Å². The molecular weight excluding hydrogens is 457 g/mol. The smallest absolute Gasteiger partial charge is 0.251 e. The molecule has 1 heterocycles. The van der Waals surface area contributed by atoms with Gasteiger partial charge in [0.15, 0.2) is 5.96 Å². The number of aromatic nitrogens is 3. The Morgan fingerprint density at radius 3 is 2.59 bits per heavy atom. The van der Waals surface area contributed by atoms with E-state index in [1.54, 1.807) is 26.7 Å². The Bertz CT molecular complexity index is 703. The predicted octanol–water partition coefficient (Wildman–Crippen LogP) is 1.44. The summed E-state index contributed by atoms with van der Waals surface area (Å²) in [5.41, 5.74) is 1.79. The average Bonchev–Trinajstić information content (AvgIpc) is 3.19. The van der Waals surface area contributed by atoms with Gasteiger partial charge in [-0.05, 0) is 37.0 Å². The van der Waals surface area contributed by atoms with Crippen molar-refractivity contribution in [1.29, 1.82) is 0 Å². The van der Waals surface area contributed by atoms with Crippen LogP contribution in [0.5, 0.6) is 0 Å². The molecule has 0 saturated carbocycles. The largest absolute Gasteiger partial charge is 0.356 e. The standard InChI is InChI=1S/C18H27N7O.HI/c1-19-17(26)16-7-5-6-15(12-16)8-10-22-18(20-2)21-9-3-4-11-25-13-23-24-14-25;/h5-7,12-14H,3-4,8-11H2,1-2H3,(H,19,26)(H2,20,21,22);1H. The number of aryl methyl sites for hydroxylation is 1. The predicted molar refractivity (Wildman–Crippen MR) is 118 cm³/mol. The minimum atomic E-state index is -0.0660. The molecule has 0 aliphatic heterocycles. The Morgan fingerprint density at radius 2 is 1.89 bits per heavy atom. The third kappa shape index (κ3) is 8.37. The lowest BCUT2D eigenvalue weighted by molar-refractivity contribution is 0.0963. The molecule has 148 valence electrons. The Morgan fingerprint density at radius 1 is 1.15 bits per heavy atom. The zero-order valence-electron chi connectivity index (χ0n) is 15.8. The molecule has 1 aromatic carbocycles. The summed E-state index contributed by atoms with van der Waals surface area (Å²) in [5, 5.41) is 16.8. The van der Waals surface area contributed by atoms with E-state index >= 15 is 0 Å². The van der Waals surface area contributed by atoms with Crippen LogP contribution in [0.2, 0.25) is 0 Å². The monoisotopic (exact) mass is 485 g/mol. The minimum Gasteiger partial charge on any atom is -0.356 e. The van der Waals surface area contributed by atoms with E-state index in [1.165, 1.54) is 0 Å². The molecule has 0 atom stereocenters. The van der Waals surface area contributed by atoms with Crippen LogP contribution < -0.4 is 16.0 Å². The zero-order chi connectivity index (χ0) is 18.6. The highest BCUT2D eigenvalue weighted by Crippen LogP contribution is 2.05. The van der Waals surface area contributed by atoms with Crippen LogP contribution in [0.15, 0.2) is 41.9 Å². The van der Waals surface area contributed by atoms with Crippen LogP contribution >= 0.6 is 24.0 Å². The molecule has 0 unspecified atom stereocenters. The molecule has 0 spiro atoms. The number of amides is 1. The first-order valence-corrected chi connectivity index (χ1v) is 8.81. The molecule has 9 heteroatoms. The van der Waals surface area contributed by atoms with Crippen LogP contribution in [0.25, 0.3) is 0 Å². The Balaban J connectivity index is 0.00000364. The van der Waals surface area contributed by atoms with E-state index in [1.807, 2.05) is 28.8 Å². The number of carbonyl (C=O) groups is 1. The number of hydrogen-bond acceptors (Lipinski definition) is 4. The highest BCUT2D eigenvalue weighted by Gasteiger charge is 2.04. The van der Waals surface area contributed by atoms with Crippen LogP contribution in [0.3, 0.4) is 0 Å². The van der Waals surface area contributed by atoms with E-state index in [-0.39, 0.29) is 29.9 Å². The van der Waals surface area contributed by atoms with Gasteiger partial charge in [0.1, 0.15) is 12.7 Å². The highest BCUT2D eigenvalue weighted by molar-refractivity contribution is 14.0. The lowest BCUT2D eigenvalue weighted by Crippen LogP contribution is -2.38. The molecule has 1 amide bonds. The van der Waals surface area contributed by atoms with Gasteiger partial charge < -0.3 is 20.5 Å². The Hall–Kier alpha value is -2.17. The van der Waals surface area contributed by atoms with E-state index in [0.29, 0.717) is 5.56 Å². The van der Waals surface area contributed by atoms with Crippen LogP contribution in [0.4, 0.5) is 0 Å². The Labute approximate surface area is 177 Å². The van der Waals surface area contributed by atoms with E-state index < -0.39 is 0 Å². The molecule has 0 radical (unpaired) electrons. The molecule has 0 aliphatic rings. The third-order valence-corrected chi connectivity index (χ3v) is 3.95. The summed E-state index contributed by atoms with van der Waals surface area (Å²) in [7, 11) is 3.40. The first kappa shape index (κ1) is 22.9. The zero-order valence-corrected chi connectivity index (χ0v) is 18.1. The molecule has 8 nitrogen and oxygen atoms in total. The van der Waals surface area contributed by atoms with Gasteiger partial charge in [-0.15, -0.1) is 34.2 Å². The number of benzene rings is 1. The molecule has 0 bridgehead atoms. The third-order valence-electron chi connectivity index (χ3n) is 3.95. The maximum absolute atomic E-state index is 11.7. The lowest BCUT2D eigenvalue weighted by atomic mass is 10.1. The fourth-order valence-corrected chi connectivity index (χ4v) is 2.52. The van der Waals surface area contributed by atoms with Gasteiger partial charge in [-0.2, -0.15) is 0 Å². The van der Waals surface area contributed by atoms with Gasteiger partial charge in [-0.3, -0.25) is 9.79 Å². The van der Waals surface area contributed by atoms with Gasteiger partial charge in [0.25, 0.3) is 5.91 Å². The maximum Gasteiger partial charge on any atom is 0.251 e. The van der Waals surface area contributed by atoms with Crippen molar-refractivity contribution in [2.75, 3.05) is 27.2 Å². The van der Waals surface area contributed by atoms with Crippen molar-refractivity contribution in [3.05, 3.63) is 48.0 Å².